The second-order valence-corrected chi connectivity index (χ2v) is 3.59. The van der Waals surface area contributed by atoms with Crippen molar-refractivity contribution in [3.8, 4) is 5.75 Å². The number of hydrogen-bond donors (Lipinski definition) is 0. The molecule has 0 amide bonds. The van der Waals surface area contributed by atoms with Crippen LogP contribution in [-0.2, 0) is 0 Å². The van der Waals surface area contributed by atoms with Gasteiger partial charge in [-0.15, -0.1) is 0 Å². The molecule has 15 heavy (non-hydrogen) atoms. The topological polar surface area (TPSA) is 35.0 Å². The lowest BCUT2D eigenvalue weighted by Gasteiger charge is -2.05. The Morgan fingerprint density at radius 2 is 2.27 bits per heavy atom. The van der Waals surface area contributed by atoms with Crippen molar-refractivity contribution in [1.82, 2.24) is 9.97 Å². The van der Waals surface area contributed by atoms with E-state index >= 15 is 0 Å². The third-order valence-electron chi connectivity index (χ3n) is 1.98. The molecule has 0 spiro atoms. The van der Waals surface area contributed by atoms with E-state index in [2.05, 4.69) is 16.9 Å². The smallest absolute Gasteiger partial charge is 0.139 e. The standard InChI is InChI=1S/C11H11ClN2O/c1-2-5-15-8-6-10-11(14-7-8)9(12)3-4-13-10/h3-4,6-7H,2,5H2,1H3. The average Bonchev–Trinajstić information content (AvgIpc) is 2.26. The summed E-state index contributed by atoms with van der Waals surface area (Å²) in [6, 6.07) is 3.58. The van der Waals surface area contributed by atoms with Crippen LogP contribution in [0.5, 0.6) is 5.75 Å². The van der Waals surface area contributed by atoms with Gasteiger partial charge in [-0.05, 0) is 12.5 Å². The molecule has 0 saturated carbocycles. The highest BCUT2D eigenvalue weighted by Crippen LogP contribution is 2.22. The summed E-state index contributed by atoms with van der Waals surface area (Å²) >= 11 is 5.97. The van der Waals surface area contributed by atoms with Crippen LogP contribution >= 0.6 is 11.6 Å². The summed E-state index contributed by atoms with van der Waals surface area (Å²) in [6.07, 6.45) is 4.31. The Morgan fingerprint density at radius 3 is 3.07 bits per heavy atom. The molecule has 0 fully saturated rings. The van der Waals surface area contributed by atoms with Crippen LogP contribution in [0.3, 0.4) is 0 Å². The van der Waals surface area contributed by atoms with Crippen LogP contribution < -0.4 is 4.74 Å². The average molecular weight is 223 g/mol. The van der Waals surface area contributed by atoms with Crippen molar-refractivity contribution >= 4 is 22.6 Å². The van der Waals surface area contributed by atoms with Crippen LogP contribution in [0, 0.1) is 0 Å². The zero-order chi connectivity index (χ0) is 10.7. The highest BCUT2D eigenvalue weighted by Gasteiger charge is 2.02. The zero-order valence-electron chi connectivity index (χ0n) is 8.40. The van der Waals surface area contributed by atoms with Gasteiger partial charge in [0.25, 0.3) is 0 Å². The minimum Gasteiger partial charge on any atom is -0.492 e. The third-order valence-corrected chi connectivity index (χ3v) is 2.28. The molecule has 3 nitrogen and oxygen atoms in total. The molecule has 2 aromatic heterocycles. The monoisotopic (exact) mass is 222 g/mol. The maximum absolute atomic E-state index is 5.97. The third kappa shape index (κ3) is 2.18. The molecule has 0 N–H and O–H groups in total. The second kappa shape index (κ2) is 4.45. The first-order chi connectivity index (χ1) is 7.31. The molecule has 0 aliphatic carbocycles. The van der Waals surface area contributed by atoms with Crippen LogP contribution in [0.1, 0.15) is 13.3 Å². The van der Waals surface area contributed by atoms with E-state index in [1.165, 1.54) is 0 Å². The minimum absolute atomic E-state index is 0.613. The molecular formula is C11H11ClN2O. The maximum Gasteiger partial charge on any atom is 0.139 e. The van der Waals surface area contributed by atoms with Crippen molar-refractivity contribution in [1.29, 1.82) is 0 Å². The number of fused-ring (bicyclic) bond motifs is 1. The first-order valence-corrected chi connectivity index (χ1v) is 5.22. The van der Waals surface area contributed by atoms with Gasteiger partial charge in [-0.25, -0.2) is 4.98 Å². The van der Waals surface area contributed by atoms with Crippen molar-refractivity contribution in [2.75, 3.05) is 6.61 Å². The highest BCUT2D eigenvalue weighted by atomic mass is 35.5. The number of aromatic nitrogens is 2. The van der Waals surface area contributed by atoms with Gasteiger partial charge in [-0.3, -0.25) is 4.98 Å². The van der Waals surface area contributed by atoms with Gasteiger partial charge < -0.3 is 4.74 Å². The first kappa shape index (κ1) is 10.2. The van der Waals surface area contributed by atoms with Gasteiger partial charge in [0.1, 0.15) is 11.3 Å². The van der Waals surface area contributed by atoms with Gasteiger partial charge in [0.15, 0.2) is 0 Å². The number of halogens is 1. The Morgan fingerprint density at radius 1 is 1.40 bits per heavy atom. The molecule has 2 heterocycles. The lowest BCUT2D eigenvalue weighted by molar-refractivity contribution is 0.316. The maximum atomic E-state index is 5.97. The molecule has 0 unspecified atom stereocenters. The number of hydrogen-bond acceptors (Lipinski definition) is 3. The number of ether oxygens (including phenoxy) is 1. The van der Waals surface area contributed by atoms with Crippen LogP contribution in [-0.4, -0.2) is 16.6 Å². The fourth-order valence-electron chi connectivity index (χ4n) is 1.28. The van der Waals surface area contributed by atoms with E-state index in [0.717, 1.165) is 17.7 Å². The van der Waals surface area contributed by atoms with E-state index in [0.29, 0.717) is 17.1 Å². The van der Waals surface area contributed by atoms with Crippen LogP contribution in [0.4, 0.5) is 0 Å². The Hall–Kier alpha value is -1.35. The molecule has 0 saturated heterocycles. The van der Waals surface area contributed by atoms with Gasteiger partial charge in [0.05, 0.1) is 23.3 Å². The predicted molar refractivity (Wildman–Crippen MR) is 60.3 cm³/mol. The molecule has 0 aliphatic rings. The van der Waals surface area contributed by atoms with E-state index < -0.39 is 0 Å². The largest absolute Gasteiger partial charge is 0.492 e. The Kier molecular flexibility index (Phi) is 3.02. The van der Waals surface area contributed by atoms with Crippen molar-refractivity contribution in [3.63, 3.8) is 0 Å². The summed E-state index contributed by atoms with van der Waals surface area (Å²) < 4.78 is 5.46. The molecule has 0 aliphatic heterocycles. The molecule has 2 rings (SSSR count). The SMILES string of the molecule is CCCOc1cnc2c(Cl)ccnc2c1. The fraction of sp³-hybridized carbons (Fsp3) is 0.273. The van der Waals surface area contributed by atoms with Crippen molar-refractivity contribution in [2.24, 2.45) is 0 Å². The molecule has 4 heteroatoms. The second-order valence-electron chi connectivity index (χ2n) is 3.18. The van der Waals surface area contributed by atoms with Crippen LogP contribution in [0.2, 0.25) is 5.02 Å². The lowest BCUT2D eigenvalue weighted by atomic mass is 10.3. The zero-order valence-corrected chi connectivity index (χ0v) is 9.16. The summed E-state index contributed by atoms with van der Waals surface area (Å²) in [6.45, 7) is 2.75. The molecule has 0 radical (unpaired) electrons. The summed E-state index contributed by atoms with van der Waals surface area (Å²) in [5.41, 5.74) is 1.47. The van der Waals surface area contributed by atoms with E-state index in [-0.39, 0.29) is 0 Å². The summed E-state index contributed by atoms with van der Waals surface area (Å²) in [7, 11) is 0. The van der Waals surface area contributed by atoms with E-state index in [1.54, 1.807) is 18.5 Å². The Labute approximate surface area is 93.1 Å². The van der Waals surface area contributed by atoms with Crippen molar-refractivity contribution in [2.45, 2.75) is 13.3 Å². The normalized spacial score (nSPS) is 10.5. The van der Waals surface area contributed by atoms with Crippen molar-refractivity contribution < 1.29 is 4.74 Å². The number of rotatable bonds is 3. The van der Waals surface area contributed by atoms with E-state index in [4.69, 9.17) is 16.3 Å². The van der Waals surface area contributed by atoms with Crippen LogP contribution in [0.15, 0.2) is 24.5 Å². The summed E-state index contributed by atoms with van der Waals surface area (Å²) in [5, 5.41) is 0.613. The Balaban J connectivity index is 2.39. The lowest BCUT2D eigenvalue weighted by Crippen LogP contribution is -1.96. The predicted octanol–water partition coefficient (Wildman–Crippen LogP) is 3.07. The minimum atomic E-state index is 0.613. The van der Waals surface area contributed by atoms with Crippen LogP contribution in [0.25, 0.3) is 11.0 Å². The number of pyridine rings is 2. The van der Waals surface area contributed by atoms with Gasteiger partial charge in [0.2, 0.25) is 0 Å². The molecule has 0 aromatic carbocycles. The van der Waals surface area contributed by atoms with Gasteiger partial charge in [-0.1, -0.05) is 18.5 Å². The number of nitrogens with zero attached hydrogens (tertiary/aromatic N) is 2. The van der Waals surface area contributed by atoms with E-state index in [9.17, 15) is 0 Å². The summed E-state index contributed by atoms with van der Waals surface area (Å²) in [4.78, 5) is 8.40. The molecular weight excluding hydrogens is 212 g/mol. The quantitative estimate of drug-likeness (QED) is 0.801. The fourth-order valence-corrected chi connectivity index (χ4v) is 1.48. The molecule has 0 bridgehead atoms. The first-order valence-electron chi connectivity index (χ1n) is 4.84. The summed E-state index contributed by atoms with van der Waals surface area (Å²) in [5.74, 6) is 0.735. The highest BCUT2D eigenvalue weighted by molar-refractivity contribution is 6.34. The van der Waals surface area contributed by atoms with Gasteiger partial charge in [-0.2, -0.15) is 0 Å². The molecule has 0 atom stereocenters. The molecule has 78 valence electrons. The van der Waals surface area contributed by atoms with E-state index in [1.807, 2.05) is 6.07 Å². The molecule has 2 aromatic rings. The van der Waals surface area contributed by atoms with Gasteiger partial charge in [0, 0.05) is 12.3 Å². The van der Waals surface area contributed by atoms with Crippen molar-refractivity contribution in [3.05, 3.63) is 29.5 Å². The van der Waals surface area contributed by atoms with Gasteiger partial charge >= 0.3 is 0 Å². The Bertz CT molecular complexity index is 473.